The topological polar surface area (TPSA) is 63.6 Å². The lowest BCUT2D eigenvalue weighted by atomic mass is 9.55. The second-order valence-electron chi connectivity index (χ2n) is 10.4. The van der Waals surface area contributed by atoms with Crippen molar-refractivity contribution in [2.24, 2.45) is 17.3 Å². The molecule has 2 saturated carbocycles. The SMILES string of the molecule is C=C(C)[C@@H]1[C@@H](O[Si](C(C)C)(C(C)C)C(C)C)C[C@@]2(C)C(=O)CC[C@@]2(O)[C@H]1C=O. The molecule has 0 aromatic heterocycles. The third-order valence-electron chi connectivity index (χ3n) is 8.03. The minimum Gasteiger partial charge on any atom is -0.412 e. The molecule has 160 valence electrons. The van der Waals surface area contributed by atoms with Gasteiger partial charge in [0.05, 0.1) is 23.0 Å². The van der Waals surface area contributed by atoms with Gasteiger partial charge in [0.2, 0.25) is 8.32 Å². The number of Topliss-reactive ketones (excluding diaryl/α,β-unsaturated/α-hetero) is 1. The Morgan fingerprint density at radius 3 is 2.11 bits per heavy atom. The van der Waals surface area contributed by atoms with E-state index < -0.39 is 25.3 Å². The Kier molecular flexibility index (Phi) is 6.55. The van der Waals surface area contributed by atoms with Gasteiger partial charge in [-0.1, -0.05) is 53.7 Å². The minimum absolute atomic E-state index is 0.0570. The van der Waals surface area contributed by atoms with Gasteiger partial charge in [-0.2, -0.15) is 0 Å². The van der Waals surface area contributed by atoms with Gasteiger partial charge in [0.1, 0.15) is 12.1 Å². The normalized spacial score (nSPS) is 36.3. The summed E-state index contributed by atoms with van der Waals surface area (Å²) in [5, 5.41) is 11.5. The lowest BCUT2D eigenvalue weighted by molar-refractivity contribution is -0.176. The monoisotopic (exact) mass is 408 g/mol. The van der Waals surface area contributed by atoms with Gasteiger partial charge in [-0.25, -0.2) is 0 Å². The maximum absolute atomic E-state index is 12.8. The van der Waals surface area contributed by atoms with Crippen LogP contribution in [0.5, 0.6) is 0 Å². The highest BCUT2D eigenvalue weighted by Crippen LogP contribution is 2.59. The standard InChI is InChI=1S/C23H40O4Si/c1-14(2)21-18(13-24)23(26)11-10-20(25)22(23,9)12-19(21)27-28(15(3)4,16(5)6)17(7)8/h13,15-19,21,26H,1,10-12H2,2-9H3/t18-,19-,21-,22-,23+/m0/s1. The van der Waals surface area contributed by atoms with E-state index in [1.165, 1.54) is 0 Å². The van der Waals surface area contributed by atoms with E-state index >= 15 is 0 Å². The van der Waals surface area contributed by atoms with Gasteiger partial charge in [-0.3, -0.25) is 4.79 Å². The van der Waals surface area contributed by atoms with Crippen molar-refractivity contribution < 1.29 is 19.1 Å². The van der Waals surface area contributed by atoms with Gasteiger partial charge in [0.15, 0.2) is 0 Å². The number of carbonyl (C=O) groups excluding carboxylic acids is 2. The summed E-state index contributed by atoms with van der Waals surface area (Å²) in [6.07, 6.45) is 1.73. The molecule has 28 heavy (non-hydrogen) atoms. The number of ketones is 1. The van der Waals surface area contributed by atoms with Crippen LogP contribution in [-0.2, 0) is 14.0 Å². The van der Waals surface area contributed by atoms with Crippen molar-refractivity contribution in [3.63, 3.8) is 0 Å². The van der Waals surface area contributed by atoms with Crippen molar-refractivity contribution >= 4 is 20.4 Å². The summed E-state index contributed by atoms with van der Waals surface area (Å²) in [6.45, 7) is 21.3. The van der Waals surface area contributed by atoms with Crippen molar-refractivity contribution in [1.29, 1.82) is 0 Å². The molecule has 0 aromatic carbocycles. The van der Waals surface area contributed by atoms with Crippen molar-refractivity contribution in [3.05, 3.63) is 12.2 Å². The first-order valence-corrected chi connectivity index (χ1v) is 13.0. The summed E-state index contributed by atoms with van der Waals surface area (Å²) in [6, 6.07) is 0. The van der Waals surface area contributed by atoms with E-state index in [9.17, 15) is 14.7 Å². The van der Waals surface area contributed by atoms with E-state index in [4.69, 9.17) is 4.43 Å². The number of carbonyl (C=O) groups is 2. The van der Waals surface area contributed by atoms with Crippen molar-refractivity contribution in [2.75, 3.05) is 0 Å². The maximum atomic E-state index is 12.8. The Bertz CT molecular complexity index is 619. The molecule has 2 aliphatic rings. The fraction of sp³-hybridized carbons (Fsp3) is 0.826. The lowest BCUT2D eigenvalue weighted by Crippen LogP contribution is -2.64. The molecule has 5 atom stereocenters. The smallest absolute Gasteiger partial charge is 0.200 e. The molecule has 4 nitrogen and oxygen atoms in total. The number of hydrogen-bond acceptors (Lipinski definition) is 4. The number of aliphatic hydroxyl groups is 1. The van der Waals surface area contributed by atoms with Gasteiger partial charge < -0.3 is 14.3 Å². The molecule has 2 aliphatic carbocycles. The van der Waals surface area contributed by atoms with Crippen LogP contribution in [0.4, 0.5) is 0 Å². The Labute approximate surface area is 172 Å². The lowest BCUT2D eigenvalue weighted by Gasteiger charge is -2.56. The zero-order valence-corrected chi connectivity index (χ0v) is 20.0. The van der Waals surface area contributed by atoms with Crippen LogP contribution in [0.1, 0.15) is 74.7 Å². The molecule has 5 heteroatoms. The van der Waals surface area contributed by atoms with Gasteiger partial charge >= 0.3 is 0 Å². The Balaban J connectivity index is 2.59. The maximum Gasteiger partial charge on any atom is 0.200 e. The molecular weight excluding hydrogens is 368 g/mol. The Morgan fingerprint density at radius 1 is 1.21 bits per heavy atom. The quantitative estimate of drug-likeness (QED) is 0.363. The molecule has 0 heterocycles. The van der Waals surface area contributed by atoms with Crippen LogP contribution < -0.4 is 0 Å². The second kappa shape index (κ2) is 7.80. The molecule has 0 amide bonds. The zero-order chi connectivity index (χ0) is 21.7. The number of aldehydes is 1. The average molecular weight is 409 g/mol. The van der Waals surface area contributed by atoms with E-state index in [0.29, 0.717) is 35.9 Å². The summed E-state index contributed by atoms with van der Waals surface area (Å²) in [7, 11) is -2.22. The van der Waals surface area contributed by atoms with Crippen LogP contribution in [0, 0.1) is 17.3 Å². The summed E-state index contributed by atoms with van der Waals surface area (Å²) < 4.78 is 7.09. The van der Waals surface area contributed by atoms with Crippen LogP contribution in [0.15, 0.2) is 12.2 Å². The van der Waals surface area contributed by atoms with E-state index in [0.717, 1.165) is 11.9 Å². The van der Waals surface area contributed by atoms with Gasteiger partial charge in [-0.05, 0) is 43.3 Å². The minimum atomic E-state index is -2.22. The second-order valence-corrected chi connectivity index (χ2v) is 15.8. The van der Waals surface area contributed by atoms with E-state index in [-0.39, 0.29) is 17.8 Å². The van der Waals surface area contributed by atoms with Crippen LogP contribution in [-0.4, -0.2) is 37.2 Å². The van der Waals surface area contributed by atoms with Crippen molar-refractivity contribution in [2.45, 2.75) is 103 Å². The molecule has 0 saturated heterocycles. The molecule has 2 rings (SSSR count). The summed E-state index contributed by atoms with van der Waals surface area (Å²) in [4.78, 5) is 25.1. The van der Waals surface area contributed by atoms with Crippen molar-refractivity contribution in [1.82, 2.24) is 0 Å². The fourth-order valence-corrected chi connectivity index (χ4v) is 12.2. The third kappa shape index (κ3) is 3.18. The highest BCUT2D eigenvalue weighted by atomic mass is 28.4. The fourth-order valence-electron chi connectivity index (χ4n) is 6.59. The molecule has 0 bridgehead atoms. The van der Waals surface area contributed by atoms with Gasteiger partial charge in [0.25, 0.3) is 0 Å². The van der Waals surface area contributed by atoms with Crippen LogP contribution in [0.2, 0.25) is 16.6 Å². The number of fused-ring (bicyclic) bond motifs is 1. The molecular formula is C23H40O4Si. The molecule has 0 aromatic rings. The molecule has 0 aliphatic heterocycles. The molecule has 0 unspecified atom stereocenters. The largest absolute Gasteiger partial charge is 0.412 e. The first-order chi connectivity index (χ1) is 12.8. The number of rotatable bonds is 7. The Hall–Kier alpha value is -0.783. The zero-order valence-electron chi connectivity index (χ0n) is 19.0. The van der Waals surface area contributed by atoms with Crippen LogP contribution >= 0.6 is 0 Å². The summed E-state index contributed by atoms with van der Waals surface area (Å²) in [5.41, 5.74) is -0.161. The van der Waals surface area contributed by atoms with Gasteiger partial charge in [-0.15, -0.1) is 0 Å². The van der Waals surface area contributed by atoms with Crippen LogP contribution in [0.3, 0.4) is 0 Å². The number of hydrogen-bond donors (Lipinski definition) is 1. The predicted molar refractivity (Wildman–Crippen MR) is 116 cm³/mol. The van der Waals surface area contributed by atoms with E-state index in [2.05, 4.69) is 48.1 Å². The highest BCUT2D eigenvalue weighted by Gasteiger charge is 2.67. The highest BCUT2D eigenvalue weighted by molar-refractivity contribution is 6.77. The van der Waals surface area contributed by atoms with E-state index in [1.54, 1.807) is 0 Å². The van der Waals surface area contributed by atoms with Gasteiger partial charge in [0, 0.05) is 12.3 Å². The predicted octanol–water partition coefficient (Wildman–Crippen LogP) is 5.06. The average Bonchev–Trinajstić information content (AvgIpc) is 2.80. The van der Waals surface area contributed by atoms with Crippen molar-refractivity contribution in [3.8, 4) is 0 Å². The molecule has 0 radical (unpaired) electrons. The first kappa shape index (κ1) is 23.5. The van der Waals surface area contributed by atoms with E-state index in [1.807, 2.05) is 13.8 Å². The van der Waals surface area contributed by atoms with Crippen LogP contribution in [0.25, 0.3) is 0 Å². The Morgan fingerprint density at radius 2 is 1.71 bits per heavy atom. The summed E-state index contributed by atoms with van der Waals surface area (Å²) >= 11 is 0. The first-order valence-electron chi connectivity index (χ1n) is 10.8. The molecule has 2 fully saturated rings. The third-order valence-corrected chi connectivity index (χ3v) is 14.2. The molecule has 1 N–H and O–H groups in total. The summed E-state index contributed by atoms with van der Waals surface area (Å²) in [5.74, 6) is -0.857. The molecule has 0 spiro atoms.